The topological polar surface area (TPSA) is 60.0 Å². The maximum absolute atomic E-state index is 11.3. The molecule has 0 N–H and O–H groups in total. The monoisotopic (exact) mass is 297 g/mol. The molecule has 0 aliphatic carbocycles. The summed E-state index contributed by atoms with van der Waals surface area (Å²) in [7, 11) is 0. The normalized spacial score (nSPS) is 15.5. The van der Waals surface area contributed by atoms with Gasteiger partial charge in [-0.2, -0.15) is 10.1 Å². The van der Waals surface area contributed by atoms with Gasteiger partial charge in [0.2, 0.25) is 0 Å². The van der Waals surface area contributed by atoms with Crippen LogP contribution in [0.15, 0.2) is 39.9 Å². The number of aromatic nitrogens is 1. The second-order valence-corrected chi connectivity index (χ2v) is 5.11. The van der Waals surface area contributed by atoms with Crippen molar-refractivity contribution >= 4 is 34.3 Å². The highest BCUT2D eigenvalue weighted by Crippen LogP contribution is 2.31. The second-order valence-electron chi connectivity index (χ2n) is 5.11. The number of hydrogen-bond donors (Lipinski definition) is 0. The summed E-state index contributed by atoms with van der Waals surface area (Å²) in [6.45, 7) is 3.81. The van der Waals surface area contributed by atoms with Crippen LogP contribution >= 0.6 is 0 Å². The van der Waals surface area contributed by atoms with E-state index >= 15 is 0 Å². The van der Waals surface area contributed by atoms with Crippen LogP contribution in [0, 0.1) is 0 Å². The Labute approximate surface area is 126 Å². The van der Waals surface area contributed by atoms with E-state index in [1.54, 1.807) is 6.21 Å². The molecule has 0 spiro atoms. The van der Waals surface area contributed by atoms with Gasteiger partial charge in [0.15, 0.2) is 5.58 Å². The Kier molecular flexibility index (Phi) is 2.89. The van der Waals surface area contributed by atoms with Crippen molar-refractivity contribution in [1.82, 2.24) is 9.58 Å². The van der Waals surface area contributed by atoms with E-state index in [1.165, 1.54) is 5.01 Å². The number of amides is 1. The molecule has 1 aliphatic heterocycles. The van der Waals surface area contributed by atoms with Crippen molar-refractivity contribution in [3.05, 3.63) is 36.1 Å². The first-order valence-electron chi connectivity index (χ1n) is 7.27. The molecule has 1 fully saturated rings. The number of hydrogen-bond acceptors (Lipinski definition) is 4. The molecule has 1 aliphatic rings. The minimum absolute atomic E-state index is 0.377. The molecule has 1 amide bonds. The summed E-state index contributed by atoms with van der Waals surface area (Å²) in [6, 6.07) is 10.1. The van der Waals surface area contributed by atoms with E-state index in [9.17, 15) is 4.79 Å². The highest BCUT2D eigenvalue weighted by Gasteiger charge is 2.21. The molecular weight excluding hydrogens is 282 g/mol. The standard InChI is InChI=1S/C16H15N3O3/c1-2-18-13-6-4-3-5-12(13)15-14(18)9-11(22-15)10-17-19-7-8-21-16(19)20/h3-6,9-10H,2,7-8H2,1H3/b17-10+. The molecule has 1 saturated heterocycles. The third-order valence-corrected chi connectivity index (χ3v) is 3.84. The number of para-hydroxylation sites is 1. The molecule has 112 valence electrons. The van der Waals surface area contributed by atoms with Crippen LogP contribution in [0.1, 0.15) is 12.7 Å². The summed E-state index contributed by atoms with van der Waals surface area (Å²) in [5.41, 5.74) is 3.04. The number of fused-ring (bicyclic) bond motifs is 3. The van der Waals surface area contributed by atoms with Gasteiger partial charge in [-0.25, -0.2) is 4.79 Å². The zero-order valence-electron chi connectivity index (χ0n) is 12.2. The van der Waals surface area contributed by atoms with Gasteiger partial charge in [0.1, 0.15) is 12.4 Å². The fourth-order valence-corrected chi connectivity index (χ4v) is 2.85. The Morgan fingerprint density at radius 1 is 1.32 bits per heavy atom. The number of ether oxygens (including phenoxy) is 1. The molecule has 2 aromatic heterocycles. The van der Waals surface area contributed by atoms with Gasteiger partial charge < -0.3 is 13.7 Å². The van der Waals surface area contributed by atoms with Gasteiger partial charge >= 0.3 is 6.09 Å². The van der Waals surface area contributed by atoms with E-state index in [0.29, 0.717) is 18.9 Å². The Bertz CT molecular complexity index is 891. The molecule has 3 heterocycles. The first-order valence-corrected chi connectivity index (χ1v) is 7.27. The number of carbonyl (C=O) groups is 1. The van der Waals surface area contributed by atoms with Crippen molar-refractivity contribution in [3.63, 3.8) is 0 Å². The van der Waals surface area contributed by atoms with Gasteiger partial charge in [0, 0.05) is 18.0 Å². The summed E-state index contributed by atoms with van der Waals surface area (Å²) in [5, 5.41) is 6.49. The lowest BCUT2D eigenvalue weighted by Crippen LogP contribution is -2.17. The zero-order chi connectivity index (χ0) is 15.1. The van der Waals surface area contributed by atoms with E-state index in [4.69, 9.17) is 9.15 Å². The molecule has 6 nitrogen and oxygen atoms in total. The third kappa shape index (κ3) is 1.88. The number of rotatable bonds is 3. The van der Waals surface area contributed by atoms with Crippen molar-refractivity contribution in [1.29, 1.82) is 0 Å². The number of carbonyl (C=O) groups excluding carboxylic acids is 1. The lowest BCUT2D eigenvalue weighted by Gasteiger charge is -2.02. The number of benzene rings is 1. The number of aryl methyl sites for hydroxylation is 1. The lowest BCUT2D eigenvalue weighted by molar-refractivity contribution is 0.159. The first-order chi connectivity index (χ1) is 10.8. The predicted octanol–water partition coefficient (Wildman–Crippen LogP) is 3.19. The van der Waals surface area contributed by atoms with Crippen LogP contribution in [0.3, 0.4) is 0 Å². The summed E-state index contributed by atoms with van der Waals surface area (Å²) >= 11 is 0. The van der Waals surface area contributed by atoms with Crippen LogP contribution in [-0.2, 0) is 11.3 Å². The molecule has 22 heavy (non-hydrogen) atoms. The van der Waals surface area contributed by atoms with E-state index in [0.717, 1.165) is 28.5 Å². The maximum atomic E-state index is 11.3. The average molecular weight is 297 g/mol. The van der Waals surface area contributed by atoms with Gasteiger partial charge in [-0.3, -0.25) is 0 Å². The summed E-state index contributed by atoms with van der Waals surface area (Å²) in [4.78, 5) is 11.3. The van der Waals surface area contributed by atoms with E-state index in [2.05, 4.69) is 22.7 Å². The Morgan fingerprint density at radius 3 is 2.95 bits per heavy atom. The SMILES string of the molecule is CCn1c2ccccc2c2oc(/C=N/N3CCOC3=O)cc21. The molecule has 0 unspecified atom stereocenters. The molecule has 0 atom stereocenters. The highest BCUT2D eigenvalue weighted by atomic mass is 16.6. The van der Waals surface area contributed by atoms with E-state index < -0.39 is 6.09 Å². The smallest absolute Gasteiger partial charge is 0.430 e. The number of hydrazone groups is 1. The van der Waals surface area contributed by atoms with E-state index in [1.807, 2.05) is 24.3 Å². The van der Waals surface area contributed by atoms with Crippen LogP contribution < -0.4 is 0 Å². The summed E-state index contributed by atoms with van der Waals surface area (Å²) in [5.74, 6) is 0.623. The molecule has 0 radical (unpaired) electrons. The van der Waals surface area contributed by atoms with Crippen molar-refractivity contribution in [2.45, 2.75) is 13.5 Å². The van der Waals surface area contributed by atoms with Gasteiger partial charge in [0.05, 0.1) is 23.8 Å². The molecule has 4 rings (SSSR count). The Balaban J connectivity index is 1.77. The van der Waals surface area contributed by atoms with Gasteiger partial charge in [0.25, 0.3) is 0 Å². The fraction of sp³-hybridized carbons (Fsp3) is 0.250. The third-order valence-electron chi connectivity index (χ3n) is 3.84. The average Bonchev–Trinajstić information content (AvgIpc) is 3.19. The molecule has 1 aromatic carbocycles. The minimum atomic E-state index is -0.420. The van der Waals surface area contributed by atoms with Crippen LogP contribution in [0.2, 0.25) is 0 Å². The van der Waals surface area contributed by atoms with Gasteiger partial charge in [-0.05, 0) is 19.1 Å². The molecule has 0 bridgehead atoms. The lowest BCUT2D eigenvalue weighted by atomic mass is 10.2. The largest absolute Gasteiger partial charge is 0.453 e. The molecular formula is C16H15N3O3. The van der Waals surface area contributed by atoms with Crippen molar-refractivity contribution in [2.24, 2.45) is 5.10 Å². The van der Waals surface area contributed by atoms with Crippen LogP contribution in [0.4, 0.5) is 4.79 Å². The van der Waals surface area contributed by atoms with Crippen molar-refractivity contribution in [3.8, 4) is 0 Å². The summed E-state index contributed by atoms with van der Waals surface area (Å²) < 4.78 is 12.9. The number of nitrogens with zero attached hydrogens (tertiary/aromatic N) is 3. The van der Waals surface area contributed by atoms with Crippen LogP contribution in [-0.4, -0.2) is 35.0 Å². The van der Waals surface area contributed by atoms with Gasteiger partial charge in [-0.1, -0.05) is 12.1 Å². The predicted molar refractivity (Wildman–Crippen MR) is 83.0 cm³/mol. The number of furan rings is 1. The fourth-order valence-electron chi connectivity index (χ4n) is 2.85. The molecule has 6 heteroatoms. The van der Waals surface area contributed by atoms with E-state index in [-0.39, 0.29) is 0 Å². The highest BCUT2D eigenvalue weighted by molar-refractivity contribution is 6.06. The van der Waals surface area contributed by atoms with Crippen LogP contribution in [0.25, 0.3) is 22.0 Å². The minimum Gasteiger partial charge on any atom is -0.453 e. The Morgan fingerprint density at radius 2 is 2.18 bits per heavy atom. The summed E-state index contributed by atoms with van der Waals surface area (Å²) in [6.07, 6.45) is 1.14. The van der Waals surface area contributed by atoms with Crippen molar-refractivity contribution < 1.29 is 13.9 Å². The van der Waals surface area contributed by atoms with Crippen LogP contribution in [0.5, 0.6) is 0 Å². The van der Waals surface area contributed by atoms with Crippen molar-refractivity contribution in [2.75, 3.05) is 13.2 Å². The maximum Gasteiger partial charge on any atom is 0.430 e. The zero-order valence-corrected chi connectivity index (χ0v) is 12.2. The number of cyclic esters (lactones) is 1. The Hall–Kier alpha value is -2.76. The molecule has 0 saturated carbocycles. The quantitative estimate of drug-likeness (QED) is 0.697. The second kappa shape index (κ2) is 4.91. The molecule has 3 aromatic rings. The van der Waals surface area contributed by atoms with Gasteiger partial charge in [-0.15, -0.1) is 0 Å². The first kappa shape index (κ1) is 12.9.